The molecule has 1 unspecified atom stereocenters. The van der Waals surface area contributed by atoms with Gasteiger partial charge < -0.3 is 19.7 Å². The molecule has 0 aromatic carbocycles. The van der Waals surface area contributed by atoms with Crippen LogP contribution in [0.3, 0.4) is 0 Å². The molecule has 1 atom stereocenters. The summed E-state index contributed by atoms with van der Waals surface area (Å²) >= 11 is 5.38. The van der Waals surface area contributed by atoms with E-state index in [1.807, 2.05) is 0 Å². The van der Waals surface area contributed by atoms with Crippen LogP contribution in [0.4, 0.5) is 0 Å². The van der Waals surface area contributed by atoms with E-state index in [0.29, 0.717) is 6.10 Å². The topological polar surface area (TPSA) is 33.7 Å². The minimum absolute atomic E-state index is 0.355. The molecule has 1 fully saturated rings. The lowest BCUT2D eigenvalue weighted by Crippen LogP contribution is -2.43. The molecule has 1 N–H and O–H groups in total. The van der Waals surface area contributed by atoms with Gasteiger partial charge in [0.15, 0.2) is 5.11 Å². The Morgan fingerprint density at radius 2 is 2.41 bits per heavy atom. The van der Waals surface area contributed by atoms with Gasteiger partial charge in [-0.1, -0.05) is 0 Å². The monoisotopic (exact) mass is 260 g/mol. The van der Waals surface area contributed by atoms with Gasteiger partial charge in [0, 0.05) is 40.0 Å². The van der Waals surface area contributed by atoms with Crippen LogP contribution in [-0.4, -0.2) is 56.1 Å². The zero-order valence-electron chi connectivity index (χ0n) is 10.9. The van der Waals surface area contributed by atoms with E-state index in [2.05, 4.69) is 17.1 Å². The van der Waals surface area contributed by atoms with Crippen LogP contribution in [0.5, 0.6) is 0 Å². The first kappa shape index (κ1) is 14.7. The van der Waals surface area contributed by atoms with E-state index >= 15 is 0 Å². The maximum atomic E-state index is 5.63. The average Bonchev–Trinajstić information content (AvgIpc) is 2.84. The van der Waals surface area contributed by atoms with Crippen LogP contribution in [0.15, 0.2) is 0 Å². The van der Waals surface area contributed by atoms with E-state index in [-0.39, 0.29) is 0 Å². The molecule has 0 saturated carbocycles. The molecule has 1 saturated heterocycles. The second-order valence-corrected chi connectivity index (χ2v) is 4.64. The van der Waals surface area contributed by atoms with Gasteiger partial charge in [-0.05, 0) is 38.4 Å². The van der Waals surface area contributed by atoms with Gasteiger partial charge in [0.2, 0.25) is 0 Å². The number of hydrogen-bond donors (Lipinski definition) is 1. The lowest BCUT2D eigenvalue weighted by molar-refractivity contribution is 0.0920. The van der Waals surface area contributed by atoms with Crippen LogP contribution in [0, 0.1) is 0 Å². The van der Waals surface area contributed by atoms with Gasteiger partial charge >= 0.3 is 0 Å². The SMILES string of the molecule is CCN(CC1CCCO1)C(=S)NCCCOC. The summed E-state index contributed by atoms with van der Waals surface area (Å²) in [6.07, 6.45) is 3.67. The van der Waals surface area contributed by atoms with Gasteiger partial charge in [0.05, 0.1) is 6.10 Å². The molecule has 5 heteroatoms. The lowest BCUT2D eigenvalue weighted by Gasteiger charge is -2.26. The molecular formula is C12H24N2O2S. The minimum atomic E-state index is 0.355. The highest BCUT2D eigenvalue weighted by Gasteiger charge is 2.19. The molecule has 0 aromatic rings. The summed E-state index contributed by atoms with van der Waals surface area (Å²) in [5.74, 6) is 0. The number of nitrogens with one attached hydrogen (secondary N) is 1. The quantitative estimate of drug-likeness (QED) is 0.553. The maximum Gasteiger partial charge on any atom is 0.169 e. The molecule has 4 nitrogen and oxygen atoms in total. The Balaban J connectivity index is 2.20. The lowest BCUT2D eigenvalue weighted by atomic mass is 10.2. The molecule has 100 valence electrons. The van der Waals surface area contributed by atoms with E-state index in [0.717, 1.165) is 50.8 Å². The fourth-order valence-electron chi connectivity index (χ4n) is 1.91. The van der Waals surface area contributed by atoms with Gasteiger partial charge in [0.25, 0.3) is 0 Å². The van der Waals surface area contributed by atoms with Gasteiger partial charge in [-0.25, -0.2) is 0 Å². The maximum absolute atomic E-state index is 5.63. The van der Waals surface area contributed by atoms with Crippen molar-refractivity contribution in [1.82, 2.24) is 10.2 Å². The number of hydrogen-bond acceptors (Lipinski definition) is 3. The summed E-state index contributed by atoms with van der Waals surface area (Å²) in [5.41, 5.74) is 0. The smallest absolute Gasteiger partial charge is 0.169 e. The molecule has 0 bridgehead atoms. The number of likely N-dealkylation sites (N-methyl/N-ethyl adjacent to an activating group) is 1. The van der Waals surface area contributed by atoms with E-state index in [4.69, 9.17) is 21.7 Å². The number of ether oxygens (including phenoxy) is 2. The number of rotatable bonds is 7. The van der Waals surface area contributed by atoms with Crippen LogP contribution < -0.4 is 5.32 Å². The Bertz CT molecular complexity index is 221. The molecule has 0 spiro atoms. The van der Waals surface area contributed by atoms with Gasteiger partial charge in [-0.15, -0.1) is 0 Å². The molecule has 0 aromatic heterocycles. The first-order chi connectivity index (χ1) is 8.27. The zero-order valence-corrected chi connectivity index (χ0v) is 11.7. The molecular weight excluding hydrogens is 236 g/mol. The molecule has 1 heterocycles. The Labute approximate surface area is 110 Å². The highest BCUT2D eigenvalue weighted by molar-refractivity contribution is 7.80. The van der Waals surface area contributed by atoms with Gasteiger partial charge in [0.1, 0.15) is 0 Å². The summed E-state index contributed by atoms with van der Waals surface area (Å²) in [6.45, 7) is 6.50. The van der Waals surface area contributed by atoms with Gasteiger partial charge in [-0.2, -0.15) is 0 Å². The van der Waals surface area contributed by atoms with Crippen molar-refractivity contribution in [2.24, 2.45) is 0 Å². The second-order valence-electron chi connectivity index (χ2n) is 4.25. The largest absolute Gasteiger partial charge is 0.385 e. The second kappa shape index (κ2) is 8.66. The van der Waals surface area contributed by atoms with E-state index in [9.17, 15) is 0 Å². The number of nitrogens with zero attached hydrogens (tertiary/aromatic N) is 1. The Morgan fingerprint density at radius 1 is 1.59 bits per heavy atom. The standard InChI is InChI=1S/C12H24N2O2S/c1-3-14(10-11-6-4-9-16-11)12(17)13-7-5-8-15-2/h11H,3-10H2,1-2H3,(H,13,17). The fraction of sp³-hybridized carbons (Fsp3) is 0.917. The first-order valence-corrected chi connectivity index (χ1v) is 6.82. The average molecular weight is 260 g/mol. The molecule has 1 aliphatic heterocycles. The molecule has 0 aliphatic carbocycles. The van der Waals surface area contributed by atoms with Crippen LogP contribution in [0.1, 0.15) is 26.2 Å². The molecule has 1 rings (SSSR count). The van der Waals surface area contributed by atoms with Gasteiger partial charge in [-0.3, -0.25) is 0 Å². The zero-order chi connectivity index (χ0) is 12.5. The predicted molar refractivity (Wildman–Crippen MR) is 73.3 cm³/mol. The highest BCUT2D eigenvalue weighted by Crippen LogP contribution is 2.13. The van der Waals surface area contributed by atoms with Crippen molar-refractivity contribution in [3.05, 3.63) is 0 Å². The summed E-state index contributed by atoms with van der Waals surface area (Å²) in [4.78, 5) is 2.18. The summed E-state index contributed by atoms with van der Waals surface area (Å²) in [6, 6.07) is 0. The molecule has 17 heavy (non-hydrogen) atoms. The van der Waals surface area contributed by atoms with Crippen LogP contribution in [-0.2, 0) is 9.47 Å². The number of methoxy groups -OCH3 is 1. The summed E-state index contributed by atoms with van der Waals surface area (Å²) in [7, 11) is 1.72. The van der Waals surface area contributed by atoms with Crippen molar-refractivity contribution >= 4 is 17.3 Å². The number of thiocarbonyl (C=S) groups is 1. The van der Waals surface area contributed by atoms with E-state index < -0.39 is 0 Å². The fourth-order valence-corrected chi connectivity index (χ4v) is 2.22. The third-order valence-corrected chi connectivity index (χ3v) is 3.32. The molecule has 0 radical (unpaired) electrons. The highest BCUT2D eigenvalue weighted by atomic mass is 32.1. The minimum Gasteiger partial charge on any atom is -0.385 e. The molecule has 0 amide bonds. The Kier molecular flexibility index (Phi) is 7.48. The van der Waals surface area contributed by atoms with Crippen molar-refractivity contribution in [3.8, 4) is 0 Å². The third-order valence-electron chi connectivity index (χ3n) is 2.92. The van der Waals surface area contributed by atoms with Crippen molar-refractivity contribution in [2.45, 2.75) is 32.3 Å². The van der Waals surface area contributed by atoms with Crippen LogP contribution >= 0.6 is 12.2 Å². The van der Waals surface area contributed by atoms with Crippen molar-refractivity contribution in [1.29, 1.82) is 0 Å². The summed E-state index contributed by atoms with van der Waals surface area (Å²) in [5, 5.41) is 4.10. The Morgan fingerprint density at radius 3 is 3.00 bits per heavy atom. The van der Waals surface area contributed by atoms with E-state index in [1.54, 1.807) is 7.11 Å². The van der Waals surface area contributed by atoms with Crippen molar-refractivity contribution in [2.75, 3.05) is 40.0 Å². The third kappa shape index (κ3) is 5.66. The van der Waals surface area contributed by atoms with E-state index in [1.165, 1.54) is 6.42 Å². The summed E-state index contributed by atoms with van der Waals surface area (Å²) < 4.78 is 10.6. The predicted octanol–water partition coefficient (Wildman–Crippen LogP) is 1.40. The van der Waals surface area contributed by atoms with Crippen molar-refractivity contribution < 1.29 is 9.47 Å². The van der Waals surface area contributed by atoms with Crippen LogP contribution in [0.2, 0.25) is 0 Å². The molecule has 1 aliphatic rings. The first-order valence-electron chi connectivity index (χ1n) is 6.41. The Hall–Kier alpha value is -0.390. The van der Waals surface area contributed by atoms with Crippen LogP contribution in [0.25, 0.3) is 0 Å². The normalized spacial score (nSPS) is 19.3. The van der Waals surface area contributed by atoms with Crippen molar-refractivity contribution in [3.63, 3.8) is 0 Å².